The lowest BCUT2D eigenvalue weighted by Gasteiger charge is -2.10. The van der Waals surface area contributed by atoms with Crippen molar-refractivity contribution in [2.45, 2.75) is 13.3 Å². The number of halogens is 1. The minimum absolute atomic E-state index is 0.308. The standard InChI is InChI=1S/C23H20BrN3O2/c1-2-16-11-13-17(14-12-16)15-25-27-23(29)19-8-4-6-10-21(19)26-22(28)18-7-3-5-9-20(18)24/h3-15H,2H2,1H3,(H,26,28)(H,27,29)/b25-15+. The first-order valence-corrected chi connectivity index (χ1v) is 9.95. The molecule has 2 amide bonds. The molecule has 29 heavy (non-hydrogen) atoms. The molecule has 0 saturated carbocycles. The van der Waals surface area contributed by atoms with Crippen molar-refractivity contribution < 1.29 is 9.59 Å². The van der Waals surface area contributed by atoms with Crippen LogP contribution in [0.2, 0.25) is 0 Å². The van der Waals surface area contributed by atoms with Crippen LogP contribution in [0.3, 0.4) is 0 Å². The Kier molecular flexibility index (Phi) is 6.92. The highest BCUT2D eigenvalue weighted by atomic mass is 79.9. The molecular formula is C23H20BrN3O2. The molecule has 0 radical (unpaired) electrons. The van der Waals surface area contributed by atoms with E-state index in [1.165, 1.54) is 5.56 Å². The number of anilines is 1. The third-order valence-electron chi connectivity index (χ3n) is 4.31. The molecule has 0 aliphatic heterocycles. The van der Waals surface area contributed by atoms with Crippen molar-refractivity contribution >= 4 is 39.6 Å². The molecule has 3 aromatic carbocycles. The van der Waals surface area contributed by atoms with E-state index in [9.17, 15) is 9.59 Å². The van der Waals surface area contributed by atoms with E-state index >= 15 is 0 Å². The van der Waals surface area contributed by atoms with Gasteiger partial charge in [0.2, 0.25) is 0 Å². The van der Waals surface area contributed by atoms with E-state index in [1.807, 2.05) is 30.3 Å². The van der Waals surface area contributed by atoms with Crippen LogP contribution in [-0.2, 0) is 6.42 Å². The lowest BCUT2D eigenvalue weighted by molar-refractivity contribution is 0.0956. The highest BCUT2D eigenvalue weighted by Crippen LogP contribution is 2.20. The van der Waals surface area contributed by atoms with Crippen molar-refractivity contribution in [3.63, 3.8) is 0 Å². The van der Waals surface area contributed by atoms with Crippen molar-refractivity contribution in [2.75, 3.05) is 5.32 Å². The molecule has 0 heterocycles. The van der Waals surface area contributed by atoms with Crippen LogP contribution in [0.1, 0.15) is 38.8 Å². The summed E-state index contributed by atoms with van der Waals surface area (Å²) in [6.07, 6.45) is 2.55. The zero-order valence-electron chi connectivity index (χ0n) is 15.9. The summed E-state index contributed by atoms with van der Waals surface area (Å²) < 4.78 is 0.679. The minimum Gasteiger partial charge on any atom is -0.321 e. The average Bonchev–Trinajstić information content (AvgIpc) is 2.74. The van der Waals surface area contributed by atoms with E-state index in [4.69, 9.17) is 0 Å². The van der Waals surface area contributed by atoms with Gasteiger partial charge in [0.05, 0.1) is 23.0 Å². The van der Waals surface area contributed by atoms with Crippen LogP contribution in [0.15, 0.2) is 82.4 Å². The Hall–Kier alpha value is -3.25. The van der Waals surface area contributed by atoms with Gasteiger partial charge in [-0.1, -0.05) is 55.5 Å². The number of carbonyl (C=O) groups is 2. The Morgan fingerprint density at radius 1 is 0.897 bits per heavy atom. The fourth-order valence-electron chi connectivity index (χ4n) is 2.69. The number of rotatable bonds is 6. The summed E-state index contributed by atoms with van der Waals surface area (Å²) in [5.74, 6) is -0.716. The van der Waals surface area contributed by atoms with Gasteiger partial charge in [0.1, 0.15) is 0 Å². The third kappa shape index (κ3) is 5.39. The van der Waals surface area contributed by atoms with E-state index in [1.54, 1.807) is 48.7 Å². The first kappa shape index (κ1) is 20.5. The molecule has 0 fully saturated rings. The van der Waals surface area contributed by atoms with Gasteiger partial charge in [-0.2, -0.15) is 5.10 Å². The van der Waals surface area contributed by atoms with E-state index in [0.717, 1.165) is 12.0 Å². The Labute approximate surface area is 178 Å². The van der Waals surface area contributed by atoms with Crippen molar-refractivity contribution in [3.05, 3.63) is 99.5 Å². The van der Waals surface area contributed by atoms with Crippen molar-refractivity contribution in [1.82, 2.24) is 5.43 Å². The van der Waals surface area contributed by atoms with E-state index in [2.05, 4.69) is 38.7 Å². The summed E-state index contributed by atoms with van der Waals surface area (Å²) >= 11 is 3.36. The van der Waals surface area contributed by atoms with Gasteiger partial charge >= 0.3 is 0 Å². The fraction of sp³-hybridized carbons (Fsp3) is 0.0870. The van der Waals surface area contributed by atoms with Gasteiger partial charge in [-0.05, 0) is 57.7 Å². The van der Waals surface area contributed by atoms with Gasteiger partial charge in [-0.25, -0.2) is 5.43 Å². The summed E-state index contributed by atoms with van der Waals surface area (Å²) in [6, 6.07) is 21.8. The molecule has 0 aliphatic carbocycles. The monoisotopic (exact) mass is 449 g/mol. The third-order valence-corrected chi connectivity index (χ3v) is 5.00. The number of carbonyl (C=O) groups excluding carboxylic acids is 2. The molecule has 3 aromatic rings. The van der Waals surface area contributed by atoms with Gasteiger partial charge in [0.15, 0.2) is 0 Å². The second kappa shape index (κ2) is 9.80. The molecule has 5 nitrogen and oxygen atoms in total. The predicted octanol–water partition coefficient (Wildman–Crippen LogP) is 5.03. The zero-order chi connectivity index (χ0) is 20.6. The number of amides is 2. The Morgan fingerprint density at radius 2 is 1.55 bits per heavy atom. The molecule has 146 valence electrons. The summed E-state index contributed by atoms with van der Waals surface area (Å²) in [7, 11) is 0. The number of benzene rings is 3. The van der Waals surface area contributed by atoms with E-state index in [0.29, 0.717) is 21.3 Å². The SMILES string of the molecule is CCc1ccc(/C=N/NC(=O)c2ccccc2NC(=O)c2ccccc2Br)cc1. The Balaban J connectivity index is 1.70. The van der Waals surface area contributed by atoms with Gasteiger partial charge in [0, 0.05) is 4.47 Å². The maximum absolute atomic E-state index is 12.6. The number of hydrogen-bond acceptors (Lipinski definition) is 3. The van der Waals surface area contributed by atoms with Gasteiger partial charge in [0.25, 0.3) is 11.8 Å². The minimum atomic E-state index is -0.408. The summed E-state index contributed by atoms with van der Waals surface area (Å²) in [4.78, 5) is 25.1. The number of hydrogen-bond donors (Lipinski definition) is 2. The van der Waals surface area contributed by atoms with E-state index < -0.39 is 5.91 Å². The number of hydrazone groups is 1. The van der Waals surface area contributed by atoms with E-state index in [-0.39, 0.29) is 5.91 Å². The molecule has 3 rings (SSSR count). The smallest absolute Gasteiger partial charge is 0.273 e. The zero-order valence-corrected chi connectivity index (χ0v) is 17.4. The Bertz CT molecular complexity index is 1050. The quantitative estimate of drug-likeness (QED) is 0.409. The predicted molar refractivity (Wildman–Crippen MR) is 119 cm³/mol. The van der Waals surface area contributed by atoms with Gasteiger partial charge < -0.3 is 5.32 Å². The first-order valence-electron chi connectivity index (χ1n) is 9.15. The molecule has 0 saturated heterocycles. The van der Waals surface area contributed by atoms with Crippen LogP contribution in [0.25, 0.3) is 0 Å². The average molecular weight is 450 g/mol. The van der Waals surface area contributed by atoms with Crippen molar-refractivity contribution in [2.24, 2.45) is 5.10 Å². The number of para-hydroxylation sites is 1. The van der Waals surface area contributed by atoms with Crippen LogP contribution in [-0.4, -0.2) is 18.0 Å². The second-order valence-corrected chi connectivity index (χ2v) is 7.13. The maximum atomic E-state index is 12.6. The van der Waals surface area contributed by atoms with Crippen LogP contribution in [0.5, 0.6) is 0 Å². The number of nitrogens with one attached hydrogen (secondary N) is 2. The number of nitrogens with zero attached hydrogens (tertiary/aromatic N) is 1. The summed E-state index contributed by atoms with van der Waals surface area (Å²) in [5.41, 5.74) is 5.85. The van der Waals surface area contributed by atoms with Crippen LogP contribution < -0.4 is 10.7 Å². The lowest BCUT2D eigenvalue weighted by Crippen LogP contribution is -2.21. The van der Waals surface area contributed by atoms with Crippen LogP contribution in [0, 0.1) is 0 Å². The summed E-state index contributed by atoms with van der Waals surface area (Å²) in [5, 5.41) is 6.81. The molecule has 0 aliphatic rings. The van der Waals surface area contributed by atoms with Crippen molar-refractivity contribution in [3.8, 4) is 0 Å². The fourth-order valence-corrected chi connectivity index (χ4v) is 3.16. The highest BCUT2D eigenvalue weighted by Gasteiger charge is 2.15. The topological polar surface area (TPSA) is 70.6 Å². The van der Waals surface area contributed by atoms with Crippen LogP contribution in [0.4, 0.5) is 5.69 Å². The van der Waals surface area contributed by atoms with Gasteiger partial charge in [-0.15, -0.1) is 0 Å². The molecule has 0 aromatic heterocycles. The molecular weight excluding hydrogens is 430 g/mol. The Morgan fingerprint density at radius 3 is 2.24 bits per heavy atom. The van der Waals surface area contributed by atoms with Gasteiger partial charge in [-0.3, -0.25) is 9.59 Å². The normalized spacial score (nSPS) is 10.7. The molecule has 0 bridgehead atoms. The molecule has 0 unspecified atom stereocenters. The summed E-state index contributed by atoms with van der Waals surface area (Å²) in [6.45, 7) is 2.09. The number of aryl methyl sites for hydroxylation is 1. The second-order valence-electron chi connectivity index (χ2n) is 6.27. The molecule has 6 heteroatoms. The largest absolute Gasteiger partial charge is 0.321 e. The molecule has 0 spiro atoms. The molecule has 2 N–H and O–H groups in total. The first-order chi connectivity index (χ1) is 14.1. The van der Waals surface area contributed by atoms with Crippen molar-refractivity contribution in [1.29, 1.82) is 0 Å². The molecule has 0 atom stereocenters. The van der Waals surface area contributed by atoms with Crippen LogP contribution >= 0.6 is 15.9 Å². The lowest BCUT2D eigenvalue weighted by atomic mass is 10.1. The maximum Gasteiger partial charge on any atom is 0.273 e. The highest BCUT2D eigenvalue weighted by molar-refractivity contribution is 9.10.